The van der Waals surface area contributed by atoms with E-state index in [1.165, 1.54) is 0 Å². The number of likely N-dealkylation sites (tertiary alicyclic amines) is 1. The maximum Gasteiger partial charge on any atom is 0.317 e. The summed E-state index contributed by atoms with van der Waals surface area (Å²) in [5, 5.41) is 13.2. The molecule has 5 nitrogen and oxygen atoms in total. The summed E-state index contributed by atoms with van der Waals surface area (Å²) in [6, 6.07) is 5.04. The first-order valence-electron chi connectivity index (χ1n) is 7.29. The third kappa shape index (κ3) is 4.74. The number of benzene rings is 1. The van der Waals surface area contributed by atoms with Crippen molar-refractivity contribution in [3.63, 3.8) is 0 Å². The van der Waals surface area contributed by atoms with Crippen LogP contribution in [-0.2, 0) is 11.3 Å². The van der Waals surface area contributed by atoms with Gasteiger partial charge in [0.05, 0.1) is 25.9 Å². The molecule has 0 bridgehead atoms. The Balaban J connectivity index is 1.66. The molecule has 0 saturated carbocycles. The standard InChI is InChI=1S/C15H20Cl2N2O3/c16-12-4-3-11(14(17)8-12)10-22-7-5-18-15(21)19-6-1-2-13(19)9-20/h3-4,8,13,20H,1-2,5-7,9-10H2,(H,18,21). The van der Waals surface area contributed by atoms with E-state index in [0.29, 0.717) is 36.3 Å². The molecule has 0 spiro atoms. The van der Waals surface area contributed by atoms with Crippen LogP contribution in [0, 0.1) is 0 Å². The average molecular weight is 347 g/mol. The molecule has 2 rings (SSSR count). The van der Waals surface area contributed by atoms with Crippen LogP contribution in [0.25, 0.3) is 0 Å². The lowest BCUT2D eigenvalue weighted by atomic mass is 10.2. The summed E-state index contributed by atoms with van der Waals surface area (Å²) in [7, 11) is 0. The molecule has 1 fully saturated rings. The van der Waals surface area contributed by atoms with E-state index in [1.807, 2.05) is 6.07 Å². The number of halogens is 2. The molecule has 2 N–H and O–H groups in total. The molecule has 7 heteroatoms. The first kappa shape index (κ1) is 17.3. The first-order valence-corrected chi connectivity index (χ1v) is 8.04. The second kappa shape index (κ2) is 8.58. The Kier molecular flexibility index (Phi) is 6.76. The molecule has 1 unspecified atom stereocenters. The fourth-order valence-corrected chi connectivity index (χ4v) is 2.91. The zero-order valence-electron chi connectivity index (χ0n) is 12.2. The van der Waals surface area contributed by atoms with E-state index in [-0.39, 0.29) is 18.7 Å². The summed E-state index contributed by atoms with van der Waals surface area (Å²) < 4.78 is 5.50. The molecule has 1 atom stereocenters. The lowest BCUT2D eigenvalue weighted by molar-refractivity contribution is 0.118. The van der Waals surface area contributed by atoms with Crippen molar-refractivity contribution in [3.05, 3.63) is 33.8 Å². The normalized spacial score (nSPS) is 17.8. The fourth-order valence-electron chi connectivity index (χ4n) is 2.45. The summed E-state index contributed by atoms with van der Waals surface area (Å²) in [6.07, 6.45) is 1.79. The van der Waals surface area contributed by atoms with Gasteiger partial charge in [-0.1, -0.05) is 29.3 Å². The minimum Gasteiger partial charge on any atom is -0.394 e. The number of hydrogen-bond donors (Lipinski definition) is 2. The largest absolute Gasteiger partial charge is 0.394 e. The van der Waals surface area contributed by atoms with Gasteiger partial charge >= 0.3 is 6.03 Å². The van der Waals surface area contributed by atoms with Gasteiger partial charge in [0.2, 0.25) is 0 Å². The van der Waals surface area contributed by atoms with Crippen LogP contribution in [0.15, 0.2) is 18.2 Å². The summed E-state index contributed by atoms with van der Waals surface area (Å²) in [6.45, 7) is 1.88. The van der Waals surface area contributed by atoms with Crippen LogP contribution in [0.5, 0.6) is 0 Å². The number of aliphatic hydroxyl groups excluding tert-OH is 1. The highest BCUT2D eigenvalue weighted by Gasteiger charge is 2.27. The minimum atomic E-state index is -0.148. The van der Waals surface area contributed by atoms with E-state index in [9.17, 15) is 9.90 Å². The summed E-state index contributed by atoms with van der Waals surface area (Å²) >= 11 is 11.9. The maximum absolute atomic E-state index is 12.0. The molecule has 1 aliphatic heterocycles. The Morgan fingerprint density at radius 2 is 2.27 bits per heavy atom. The van der Waals surface area contributed by atoms with Gasteiger partial charge in [0.15, 0.2) is 0 Å². The number of nitrogens with zero attached hydrogens (tertiary/aromatic N) is 1. The predicted molar refractivity (Wildman–Crippen MR) is 86.3 cm³/mol. The number of carbonyl (C=O) groups excluding carboxylic acids is 1. The third-order valence-corrected chi connectivity index (χ3v) is 4.23. The van der Waals surface area contributed by atoms with Crippen molar-refractivity contribution in [2.75, 3.05) is 26.3 Å². The Bertz CT molecular complexity index is 514. The molecule has 1 aliphatic rings. The van der Waals surface area contributed by atoms with Crippen LogP contribution < -0.4 is 5.32 Å². The van der Waals surface area contributed by atoms with Gasteiger partial charge in [0, 0.05) is 23.1 Å². The zero-order valence-corrected chi connectivity index (χ0v) is 13.7. The molecular weight excluding hydrogens is 327 g/mol. The Labute approximate surface area is 140 Å². The monoisotopic (exact) mass is 346 g/mol. The van der Waals surface area contributed by atoms with Crippen molar-refractivity contribution in [3.8, 4) is 0 Å². The van der Waals surface area contributed by atoms with E-state index < -0.39 is 0 Å². The van der Waals surface area contributed by atoms with Gasteiger partial charge in [0.25, 0.3) is 0 Å². The Hall–Kier alpha value is -1.01. The maximum atomic E-state index is 12.0. The van der Waals surface area contributed by atoms with Crippen LogP contribution in [0.4, 0.5) is 4.79 Å². The number of carbonyl (C=O) groups is 1. The van der Waals surface area contributed by atoms with Gasteiger partial charge in [-0.15, -0.1) is 0 Å². The predicted octanol–water partition coefficient (Wildman–Crippen LogP) is 2.68. The molecule has 2 amide bonds. The van der Waals surface area contributed by atoms with Crippen molar-refractivity contribution in [1.82, 2.24) is 10.2 Å². The number of hydrogen-bond acceptors (Lipinski definition) is 3. The Morgan fingerprint density at radius 1 is 1.45 bits per heavy atom. The number of ether oxygens (including phenoxy) is 1. The minimum absolute atomic E-state index is 0.0129. The molecule has 0 aromatic heterocycles. The fraction of sp³-hybridized carbons (Fsp3) is 0.533. The summed E-state index contributed by atoms with van der Waals surface area (Å²) in [5.41, 5.74) is 0.859. The molecule has 1 heterocycles. The number of aliphatic hydroxyl groups is 1. The van der Waals surface area contributed by atoms with Crippen molar-refractivity contribution in [1.29, 1.82) is 0 Å². The molecule has 1 aromatic rings. The first-order chi connectivity index (χ1) is 10.6. The van der Waals surface area contributed by atoms with Gasteiger partial charge in [0.1, 0.15) is 0 Å². The van der Waals surface area contributed by atoms with Crippen molar-refractivity contribution in [2.24, 2.45) is 0 Å². The number of amides is 2. The van der Waals surface area contributed by atoms with Crippen molar-refractivity contribution >= 4 is 29.2 Å². The lowest BCUT2D eigenvalue weighted by Crippen LogP contribution is -2.45. The number of nitrogens with one attached hydrogen (secondary N) is 1. The van der Waals surface area contributed by atoms with Gasteiger partial charge in [-0.3, -0.25) is 0 Å². The van der Waals surface area contributed by atoms with Crippen LogP contribution >= 0.6 is 23.2 Å². The van der Waals surface area contributed by atoms with Crippen LogP contribution in [0.3, 0.4) is 0 Å². The van der Waals surface area contributed by atoms with E-state index in [1.54, 1.807) is 17.0 Å². The molecule has 0 radical (unpaired) electrons. The van der Waals surface area contributed by atoms with Crippen LogP contribution in [0.1, 0.15) is 18.4 Å². The second-order valence-electron chi connectivity index (χ2n) is 5.19. The van der Waals surface area contributed by atoms with E-state index in [4.69, 9.17) is 27.9 Å². The van der Waals surface area contributed by atoms with E-state index in [2.05, 4.69) is 5.32 Å². The summed E-state index contributed by atoms with van der Waals surface area (Å²) in [5.74, 6) is 0. The zero-order chi connectivity index (χ0) is 15.9. The molecule has 0 aliphatic carbocycles. The second-order valence-corrected chi connectivity index (χ2v) is 6.04. The smallest absolute Gasteiger partial charge is 0.317 e. The third-order valence-electron chi connectivity index (χ3n) is 3.64. The summed E-state index contributed by atoms with van der Waals surface area (Å²) in [4.78, 5) is 13.6. The number of urea groups is 1. The van der Waals surface area contributed by atoms with Crippen LogP contribution in [-0.4, -0.2) is 48.4 Å². The van der Waals surface area contributed by atoms with Gasteiger partial charge in [-0.25, -0.2) is 4.79 Å². The SMILES string of the molecule is O=C(NCCOCc1ccc(Cl)cc1Cl)N1CCCC1CO. The quantitative estimate of drug-likeness (QED) is 0.778. The molecule has 22 heavy (non-hydrogen) atoms. The Morgan fingerprint density at radius 3 is 3.00 bits per heavy atom. The van der Waals surface area contributed by atoms with Crippen LogP contribution in [0.2, 0.25) is 10.0 Å². The van der Waals surface area contributed by atoms with E-state index in [0.717, 1.165) is 18.4 Å². The van der Waals surface area contributed by atoms with Crippen molar-refractivity contribution in [2.45, 2.75) is 25.5 Å². The van der Waals surface area contributed by atoms with Gasteiger partial charge in [-0.05, 0) is 30.5 Å². The van der Waals surface area contributed by atoms with E-state index >= 15 is 0 Å². The highest BCUT2D eigenvalue weighted by Crippen LogP contribution is 2.21. The van der Waals surface area contributed by atoms with Gasteiger partial charge in [-0.2, -0.15) is 0 Å². The highest BCUT2D eigenvalue weighted by molar-refractivity contribution is 6.35. The van der Waals surface area contributed by atoms with Crippen molar-refractivity contribution < 1.29 is 14.6 Å². The number of rotatable bonds is 6. The average Bonchev–Trinajstić information content (AvgIpc) is 2.97. The topological polar surface area (TPSA) is 61.8 Å². The highest BCUT2D eigenvalue weighted by atomic mass is 35.5. The molecule has 122 valence electrons. The lowest BCUT2D eigenvalue weighted by Gasteiger charge is -2.23. The molecule has 1 saturated heterocycles. The molecule has 1 aromatic carbocycles. The van der Waals surface area contributed by atoms with Gasteiger partial charge < -0.3 is 20.1 Å². The molecular formula is C15H20Cl2N2O3.